The molecule has 0 N–H and O–H groups in total. The van der Waals surface area contributed by atoms with E-state index in [4.69, 9.17) is 11.6 Å². The monoisotopic (exact) mass is 351 g/mol. The van der Waals surface area contributed by atoms with E-state index >= 15 is 0 Å². The Morgan fingerprint density at radius 2 is 1.95 bits per heavy atom. The van der Waals surface area contributed by atoms with Gasteiger partial charge < -0.3 is 4.90 Å². The fraction of sp³-hybridized carbons (Fsp3) is 0.467. The maximum atomic E-state index is 6.38. The maximum Gasteiger partial charge on any atom is 0.112 e. The van der Waals surface area contributed by atoms with Crippen molar-refractivity contribution in [3.63, 3.8) is 0 Å². The van der Waals surface area contributed by atoms with E-state index in [0.29, 0.717) is 17.5 Å². The van der Waals surface area contributed by atoms with Crippen LogP contribution in [0.15, 0.2) is 29.0 Å². The van der Waals surface area contributed by atoms with Crippen LogP contribution in [0.1, 0.15) is 25.7 Å². The average Bonchev–Trinajstić information content (AvgIpc) is 2.69. The number of hydrogen-bond acceptors (Lipinski definition) is 3. The van der Waals surface area contributed by atoms with Crippen molar-refractivity contribution >= 4 is 44.3 Å². The minimum absolute atomic E-state index is 0.332. The van der Waals surface area contributed by atoms with Gasteiger partial charge in [0, 0.05) is 34.3 Å². The summed E-state index contributed by atoms with van der Waals surface area (Å²) >= 11 is 9.84. The van der Waals surface area contributed by atoms with Crippen molar-refractivity contribution in [2.75, 3.05) is 4.90 Å². The van der Waals surface area contributed by atoms with E-state index in [9.17, 15) is 0 Å². The van der Waals surface area contributed by atoms with Crippen LogP contribution in [0.4, 0.5) is 5.69 Å². The number of aromatic nitrogens is 2. The summed E-state index contributed by atoms with van der Waals surface area (Å²) in [5.74, 6) is 0. The molecule has 0 radical (unpaired) electrons. The number of piperidine rings is 1. The molecule has 2 atom stereocenters. The first-order chi connectivity index (χ1) is 9.72. The SMILES string of the molecule is ClC1CC2CCC(C1)N2c1ccnc2cc(Br)cnc12. The summed E-state index contributed by atoms with van der Waals surface area (Å²) in [6.07, 6.45) is 8.39. The molecule has 0 spiro atoms. The van der Waals surface area contributed by atoms with E-state index in [-0.39, 0.29) is 0 Å². The highest BCUT2D eigenvalue weighted by atomic mass is 79.9. The number of alkyl halides is 1. The Hall–Kier alpha value is -0.870. The average molecular weight is 353 g/mol. The lowest BCUT2D eigenvalue weighted by atomic mass is 10.0. The molecular formula is C15H15BrClN3. The van der Waals surface area contributed by atoms with Crippen molar-refractivity contribution in [2.45, 2.75) is 43.1 Å². The molecule has 20 heavy (non-hydrogen) atoms. The zero-order valence-electron chi connectivity index (χ0n) is 11.0. The highest BCUT2D eigenvalue weighted by Crippen LogP contribution is 2.42. The van der Waals surface area contributed by atoms with Gasteiger partial charge in [0.1, 0.15) is 5.52 Å². The van der Waals surface area contributed by atoms with E-state index in [2.05, 4.69) is 36.9 Å². The van der Waals surface area contributed by atoms with Gasteiger partial charge in [-0.3, -0.25) is 9.97 Å². The lowest BCUT2D eigenvalue weighted by molar-refractivity contribution is 0.475. The van der Waals surface area contributed by atoms with Gasteiger partial charge in [-0.15, -0.1) is 11.6 Å². The van der Waals surface area contributed by atoms with Crippen molar-refractivity contribution < 1.29 is 0 Å². The number of nitrogens with zero attached hydrogens (tertiary/aromatic N) is 3. The van der Waals surface area contributed by atoms with Gasteiger partial charge >= 0.3 is 0 Å². The molecule has 2 aliphatic heterocycles. The van der Waals surface area contributed by atoms with Gasteiger partial charge in [0.15, 0.2) is 0 Å². The first-order valence-corrected chi connectivity index (χ1v) is 8.28. The van der Waals surface area contributed by atoms with Crippen LogP contribution in [-0.2, 0) is 0 Å². The molecule has 2 aromatic heterocycles. The summed E-state index contributed by atoms with van der Waals surface area (Å²) in [5, 5.41) is 0.332. The van der Waals surface area contributed by atoms with E-state index in [1.54, 1.807) is 0 Å². The summed E-state index contributed by atoms with van der Waals surface area (Å²) in [4.78, 5) is 11.6. The first kappa shape index (κ1) is 12.8. The summed E-state index contributed by atoms with van der Waals surface area (Å²) in [6, 6.07) is 5.25. The van der Waals surface area contributed by atoms with Crippen LogP contribution in [0, 0.1) is 0 Å². The van der Waals surface area contributed by atoms with Crippen molar-refractivity contribution in [3.8, 4) is 0 Å². The van der Waals surface area contributed by atoms with Gasteiger partial charge in [-0.2, -0.15) is 0 Å². The Labute approximate surface area is 131 Å². The zero-order valence-corrected chi connectivity index (χ0v) is 13.3. The molecule has 2 aliphatic rings. The minimum atomic E-state index is 0.332. The van der Waals surface area contributed by atoms with Crippen LogP contribution >= 0.6 is 27.5 Å². The number of anilines is 1. The molecule has 0 saturated carbocycles. The van der Waals surface area contributed by atoms with Gasteiger partial charge in [0.05, 0.1) is 11.2 Å². The topological polar surface area (TPSA) is 29.0 Å². The third-order valence-corrected chi connectivity index (χ3v) is 5.27. The molecular weight excluding hydrogens is 338 g/mol. The molecule has 2 unspecified atom stereocenters. The van der Waals surface area contributed by atoms with E-state index in [1.165, 1.54) is 18.5 Å². The third-order valence-electron chi connectivity index (χ3n) is 4.48. The quantitative estimate of drug-likeness (QED) is 0.723. The predicted molar refractivity (Wildman–Crippen MR) is 85.4 cm³/mol. The number of rotatable bonds is 1. The van der Waals surface area contributed by atoms with Crippen LogP contribution in [0.2, 0.25) is 0 Å². The lowest BCUT2D eigenvalue weighted by Gasteiger charge is -2.39. The second-order valence-electron chi connectivity index (χ2n) is 5.71. The number of pyridine rings is 2. The Morgan fingerprint density at radius 1 is 1.20 bits per heavy atom. The predicted octanol–water partition coefficient (Wildman–Crippen LogP) is 4.13. The summed E-state index contributed by atoms with van der Waals surface area (Å²) in [5.41, 5.74) is 3.17. The molecule has 4 heterocycles. The molecule has 3 nitrogen and oxygen atoms in total. The van der Waals surface area contributed by atoms with Crippen LogP contribution in [0.5, 0.6) is 0 Å². The highest BCUT2D eigenvalue weighted by Gasteiger charge is 2.40. The molecule has 0 aromatic carbocycles. The molecule has 5 heteroatoms. The molecule has 4 rings (SSSR count). The van der Waals surface area contributed by atoms with Crippen molar-refractivity contribution in [1.82, 2.24) is 9.97 Å². The van der Waals surface area contributed by atoms with Gasteiger partial charge in [-0.1, -0.05) is 0 Å². The molecule has 0 amide bonds. The van der Waals surface area contributed by atoms with E-state index in [0.717, 1.165) is 28.3 Å². The summed E-state index contributed by atoms with van der Waals surface area (Å²) < 4.78 is 0.970. The van der Waals surface area contributed by atoms with E-state index < -0.39 is 0 Å². The molecule has 0 aliphatic carbocycles. The maximum absolute atomic E-state index is 6.38. The normalized spacial score (nSPS) is 29.1. The van der Waals surface area contributed by atoms with E-state index in [1.807, 2.05) is 18.5 Å². The highest BCUT2D eigenvalue weighted by molar-refractivity contribution is 9.10. The van der Waals surface area contributed by atoms with Gasteiger partial charge in [0.25, 0.3) is 0 Å². The second kappa shape index (κ2) is 4.85. The second-order valence-corrected chi connectivity index (χ2v) is 7.25. The Morgan fingerprint density at radius 3 is 2.70 bits per heavy atom. The Balaban J connectivity index is 1.83. The Kier molecular flexibility index (Phi) is 3.11. The van der Waals surface area contributed by atoms with Crippen molar-refractivity contribution in [2.24, 2.45) is 0 Å². The molecule has 2 aromatic rings. The van der Waals surface area contributed by atoms with Crippen LogP contribution in [-0.4, -0.2) is 27.4 Å². The lowest BCUT2D eigenvalue weighted by Crippen LogP contribution is -2.43. The fourth-order valence-electron chi connectivity index (χ4n) is 3.70. The van der Waals surface area contributed by atoms with Crippen LogP contribution < -0.4 is 4.90 Å². The van der Waals surface area contributed by atoms with Gasteiger partial charge in [0.2, 0.25) is 0 Å². The molecule has 2 saturated heterocycles. The largest absolute Gasteiger partial charge is 0.364 e. The first-order valence-electron chi connectivity index (χ1n) is 7.05. The summed E-state index contributed by atoms with van der Waals surface area (Å²) in [6.45, 7) is 0. The standard InChI is InChI=1S/C15H15BrClN3/c16-9-5-13-15(19-8-9)14(3-4-18-13)20-11-1-2-12(20)7-10(17)6-11/h3-5,8,10-12H,1-2,6-7H2. The van der Waals surface area contributed by atoms with Crippen LogP contribution in [0.3, 0.4) is 0 Å². The number of fused-ring (bicyclic) bond motifs is 3. The van der Waals surface area contributed by atoms with Crippen molar-refractivity contribution in [1.29, 1.82) is 0 Å². The van der Waals surface area contributed by atoms with Gasteiger partial charge in [-0.05, 0) is 53.7 Å². The number of halogens is 2. The minimum Gasteiger partial charge on any atom is -0.364 e. The zero-order chi connectivity index (χ0) is 13.7. The molecule has 2 fully saturated rings. The smallest absolute Gasteiger partial charge is 0.112 e. The Bertz CT molecular complexity index is 649. The van der Waals surface area contributed by atoms with Crippen LogP contribution in [0.25, 0.3) is 11.0 Å². The fourth-order valence-corrected chi connectivity index (χ4v) is 4.43. The molecule has 104 valence electrons. The van der Waals surface area contributed by atoms with Crippen molar-refractivity contribution in [3.05, 3.63) is 29.0 Å². The van der Waals surface area contributed by atoms with Gasteiger partial charge in [-0.25, -0.2) is 0 Å². The number of hydrogen-bond donors (Lipinski definition) is 0. The summed E-state index contributed by atoms with van der Waals surface area (Å²) in [7, 11) is 0. The molecule has 2 bridgehead atoms. The third kappa shape index (κ3) is 2.01.